The van der Waals surface area contributed by atoms with E-state index in [4.69, 9.17) is 0 Å². The summed E-state index contributed by atoms with van der Waals surface area (Å²) < 4.78 is 0. The van der Waals surface area contributed by atoms with Gasteiger partial charge in [0.1, 0.15) is 13.5 Å². The van der Waals surface area contributed by atoms with Gasteiger partial charge in [-0.2, -0.15) is 0 Å². The molecule has 0 saturated heterocycles. The Morgan fingerprint density at radius 3 is 1.50 bits per heavy atom. The third-order valence-corrected chi connectivity index (χ3v) is 5.52. The second-order valence-electron chi connectivity index (χ2n) is 6.61. The largest absolute Gasteiger partial charge is 0.305 e. The lowest BCUT2D eigenvalue weighted by Gasteiger charge is -2.13. The van der Waals surface area contributed by atoms with Crippen LogP contribution in [0.1, 0.15) is 77.6 Å². The molecule has 18 heavy (non-hydrogen) atoms. The van der Waals surface area contributed by atoms with E-state index >= 15 is 0 Å². The van der Waals surface area contributed by atoms with E-state index in [0.29, 0.717) is 5.41 Å². The summed E-state index contributed by atoms with van der Waals surface area (Å²) >= 11 is 0. The van der Waals surface area contributed by atoms with E-state index in [-0.39, 0.29) is 0 Å². The third kappa shape index (κ3) is 11.0. The van der Waals surface area contributed by atoms with Crippen LogP contribution in [0.3, 0.4) is 0 Å². The van der Waals surface area contributed by atoms with E-state index in [1.54, 1.807) is 0 Å². The molecule has 0 atom stereocenters. The molecule has 0 N–H and O–H groups in total. The molecule has 0 aromatic heterocycles. The fraction of sp³-hybridized carbons (Fsp3) is 0.938. The molecule has 0 aromatic rings. The van der Waals surface area contributed by atoms with Crippen molar-refractivity contribution < 1.29 is 4.79 Å². The molecule has 0 fully saturated rings. The molecule has 0 saturated carbocycles. The van der Waals surface area contributed by atoms with E-state index in [0.717, 1.165) is 12.8 Å². The molecule has 0 aliphatic heterocycles. The van der Waals surface area contributed by atoms with Gasteiger partial charge in [-0.3, -0.25) is 0 Å². The van der Waals surface area contributed by atoms with Crippen LogP contribution in [0.15, 0.2) is 0 Å². The Labute approximate surface area is 116 Å². The quantitative estimate of drug-likeness (QED) is 0.326. The number of unbranched alkanes of at least 4 members (excludes halogenated alkanes) is 9. The fourth-order valence-electron chi connectivity index (χ4n) is 2.15. The van der Waals surface area contributed by atoms with E-state index in [1.165, 1.54) is 57.8 Å². The first kappa shape index (κ1) is 17.9. The summed E-state index contributed by atoms with van der Waals surface area (Å²) in [4.78, 5) is 11.8. The smallest absolute Gasteiger partial charge is 0.123 e. The highest BCUT2D eigenvalue weighted by Crippen LogP contribution is 2.13. The molecule has 0 amide bonds. The zero-order valence-corrected chi connectivity index (χ0v) is 14.2. The maximum Gasteiger partial charge on any atom is 0.123 e. The van der Waals surface area contributed by atoms with Crippen molar-refractivity contribution >= 4 is 13.5 Å². The van der Waals surface area contributed by atoms with Crippen molar-refractivity contribution in [2.24, 2.45) is 0 Å². The first-order valence-electron chi connectivity index (χ1n) is 8.01. The Morgan fingerprint density at radius 1 is 0.722 bits per heavy atom. The lowest BCUT2D eigenvalue weighted by atomic mass is 10.1. The van der Waals surface area contributed by atoms with Crippen molar-refractivity contribution in [1.29, 1.82) is 0 Å². The predicted molar refractivity (Wildman–Crippen MR) is 84.8 cm³/mol. The maximum atomic E-state index is 11.8. The van der Waals surface area contributed by atoms with Gasteiger partial charge >= 0.3 is 0 Å². The van der Waals surface area contributed by atoms with Crippen LogP contribution in [0.5, 0.6) is 0 Å². The van der Waals surface area contributed by atoms with E-state index < -0.39 is 8.07 Å². The van der Waals surface area contributed by atoms with Gasteiger partial charge in [-0.1, -0.05) is 84.4 Å². The van der Waals surface area contributed by atoms with E-state index in [9.17, 15) is 4.79 Å². The van der Waals surface area contributed by atoms with Gasteiger partial charge in [0.05, 0.1) is 0 Å². The summed E-state index contributed by atoms with van der Waals surface area (Å²) in [5, 5.41) is 0.557. The Balaban J connectivity index is 3.19. The van der Waals surface area contributed by atoms with Crippen molar-refractivity contribution in [3.05, 3.63) is 0 Å². The average molecular weight is 271 g/mol. The Hall–Kier alpha value is -0.113. The van der Waals surface area contributed by atoms with Gasteiger partial charge in [0.2, 0.25) is 0 Å². The van der Waals surface area contributed by atoms with Gasteiger partial charge in [0.25, 0.3) is 0 Å². The van der Waals surface area contributed by atoms with Crippen molar-refractivity contribution in [1.82, 2.24) is 0 Å². The second-order valence-corrected chi connectivity index (χ2v) is 11.7. The van der Waals surface area contributed by atoms with E-state index in [2.05, 4.69) is 26.6 Å². The maximum absolute atomic E-state index is 11.8. The normalized spacial score (nSPS) is 11.8. The van der Waals surface area contributed by atoms with Crippen molar-refractivity contribution in [3.63, 3.8) is 0 Å². The lowest BCUT2D eigenvalue weighted by Crippen LogP contribution is -2.32. The molecular weight excluding hydrogens is 236 g/mol. The molecule has 0 spiro atoms. The fourth-order valence-corrected chi connectivity index (χ4v) is 3.07. The number of hydrogen-bond donors (Lipinski definition) is 0. The van der Waals surface area contributed by atoms with Gasteiger partial charge in [0.15, 0.2) is 0 Å². The molecule has 0 aromatic carbocycles. The van der Waals surface area contributed by atoms with Gasteiger partial charge in [-0.15, -0.1) is 0 Å². The molecule has 0 aliphatic rings. The topological polar surface area (TPSA) is 17.1 Å². The first-order chi connectivity index (χ1) is 8.48. The summed E-state index contributed by atoms with van der Waals surface area (Å²) in [6, 6.07) is 0. The van der Waals surface area contributed by atoms with Crippen LogP contribution >= 0.6 is 0 Å². The van der Waals surface area contributed by atoms with Crippen LogP contribution in [0.25, 0.3) is 0 Å². The highest BCUT2D eigenvalue weighted by molar-refractivity contribution is 7.03. The SMILES string of the molecule is CCCCCCCCCCCCC(=O)[Si](C)(C)C. The number of carbonyl (C=O) groups is 1. The number of carbonyl (C=O) groups excluding carboxylic acids is 1. The van der Waals surface area contributed by atoms with Crippen molar-refractivity contribution in [2.45, 2.75) is 97.2 Å². The Morgan fingerprint density at radius 2 is 1.11 bits per heavy atom. The molecule has 0 aliphatic carbocycles. The van der Waals surface area contributed by atoms with Crippen molar-refractivity contribution in [3.8, 4) is 0 Å². The third-order valence-electron chi connectivity index (χ3n) is 3.59. The van der Waals surface area contributed by atoms with Crippen molar-refractivity contribution in [2.75, 3.05) is 0 Å². The monoisotopic (exact) mass is 270 g/mol. The van der Waals surface area contributed by atoms with Gasteiger partial charge in [-0.05, 0) is 6.42 Å². The van der Waals surface area contributed by atoms with E-state index in [1.807, 2.05) is 0 Å². The number of hydrogen-bond acceptors (Lipinski definition) is 1. The highest BCUT2D eigenvalue weighted by Gasteiger charge is 2.22. The van der Waals surface area contributed by atoms with Gasteiger partial charge in [-0.25, -0.2) is 0 Å². The number of rotatable bonds is 12. The minimum absolute atomic E-state index is 0.557. The standard InChI is InChI=1S/C16H34OSi/c1-5-6-7-8-9-10-11-12-13-14-15-16(17)18(2,3)4/h5-15H2,1-4H3. The average Bonchev–Trinajstić information content (AvgIpc) is 2.30. The molecule has 0 heterocycles. The summed E-state index contributed by atoms with van der Waals surface area (Å²) in [5.74, 6) is 0. The summed E-state index contributed by atoms with van der Waals surface area (Å²) in [5.41, 5.74) is 0. The van der Waals surface area contributed by atoms with Crippen LogP contribution in [0.4, 0.5) is 0 Å². The van der Waals surface area contributed by atoms with Crippen LogP contribution in [0, 0.1) is 0 Å². The zero-order chi connectivity index (χ0) is 13.9. The Bertz CT molecular complexity index is 206. The molecular formula is C16H34OSi. The van der Waals surface area contributed by atoms with Crippen LogP contribution < -0.4 is 0 Å². The second kappa shape index (κ2) is 10.8. The minimum atomic E-state index is -1.49. The van der Waals surface area contributed by atoms with Crippen LogP contribution in [0.2, 0.25) is 19.6 Å². The highest BCUT2D eigenvalue weighted by atomic mass is 28.3. The zero-order valence-electron chi connectivity index (χ0n) is 13.2. The molecule has 108 valence electrons. The first-order valence-corrected chi connectivity index (χ1v) is 11.5. The Kier molecular flexibility index (Phi) is 10.7. The molecule has 2 heteroatoms. The lowest BCUT2D eigenvalue weighted by molar-refractivity contribution is -0.112. The molecule has 0 bridgehead atoms. The van der Waals surface area contributed by atoms with Crippen LogP contribution in [-0.2, 0) is 4.79 Å². The predicted octanol–water partition coefficient (Wildman–Crippen LogP) is 5.74. The molecule has 0 radical (unpaired) electrons. The molecule has 0 rings (SSSR count). The van der Waals surface area contributed by atoms with Gasteiger partial charge in [0, 0.05) is 6.42 Å². The van der Waals surface area contributed by atoms with Crippen LogP contribution in [-0.4, -0.2) is 13.5 Å². The summed E-state index contributed by atoms with van der Waals surface area (Å²) in [6.07, 6.45) is 14.3. The molecule has 0 unspecified atom stereocenters. The summed E-state index contributed by atoms with van der Waals surface area (Å²) in [7, 11) is -1.49. The van der Waals surface area contributed by atoms with Gasteiger partial charge < -0.3 is 4.79 Å². The summed E-state index contributed by atoms with van der Waals surface area (Å²) in [6.45, 7) is 8.74. The molecule has 1 nitrogen and oxygen atoms in total. The minimum Gasteiger partial charge on any atom is -0.305 e.